The van der Waals surface area contributed by atoms with Crippen LogP contribution in [0, 0.1) is 18.8 Å². The number of nitrogens with zero attached hydrogens (tertiary/aromatic N) is 4. The minimum atomic E-state index is -3.93. The molecule has 5 N–H and O–H groups in total. The molecule has 2 aliphatic carbocycles. The van der Waals surface area contributed by atoms with Gasteiger partial charge in [-0.05, 0) is 82.3 Å². The summed E-state index contributed by atoms with van der Waals surface area (Å²) in [5.74, 6) is -1.32. The van der Waals surface area contributed by atoms with Gasteiger partial charge >= 0.3 is 6.03 Å². The molecule has 0 bridgehead atoms. The molecule has 0 spiro atoms. The molecule has 5 atom stereocenters. The number of urea groups is 1. The van der Waals surface area contributed by atoms with E-state index in [2.05, 4.69) is 29.2 Å². The van der Waals surface area contributed by atoms with Crippen LogP contribution in [0.2, 0.25) is 0 Å². The SMILES string of the molecule is COc1ccc2c(O[C@@H]3C[C@H]4C(=O)N[C@]5(C(=O)NS(=O)(=O)C6CC6)C[C@H]5/C=C/CCCCC[C@H](NC(=O)N5CCC(CC(N)=O)CC5)C(=O)N4C3)cc(-c3nc(C(C)C)cs3)nc2c1C. The number of aromatic nitrogens is 2. The Labute approximate surface area is 383 Å². The number of allylic oxidation sites excluding steroid dienone is 1. The molecule has 5 heterocycles. The van der Waals surface area contributed by atoms with E-state index in [0.717, 1.165) is 24.1 Å². The normalized spacial score (nSPS) is 26.0. The number of rotatable bonds is 11. The number of sulfonamides is 1. The Kier molecular flexibility index (Phi) is 13.4. The molecular formula is C46H60N8O9S2. The fraction of sp³-hybridized carbons (Fsp3) is 0.587. The minimum absolute atomic E-state index is 0.0244. The predicted molar refractivity (Wildman–Crippen MR) is 244 cm³/mol. The quantitative estimate of drug-likeness (QED) is 0.191. The standard InChI is InChI=1S/C46H60N8O9S2/c1-26(2)35-25-64-42(49-35)34-22-38(32-14-15-37(62-4)27(3)40(32)48-34)63-30-21-36-41(56)51-46(44(58)52-65(60,61)31-12-13-31)23-29(46)10-8-6-5-7-9-11-33(43(57)54(36)24-30)50-45(59)53-18-16-28(17-19-53)20-39(47)55/h8,10,14-15,22,25-26,28-31,33,36H,5-7,9,11-13,16-21,23-24H2,1-4H3,(H2,47,55)(H,50,59)(H,51,56)(H,52,58)/b10-8+/t29-,30-,33+,36+,46-/m1/s1. The molecule has 17 nitrogen and oxygen atoms in total. The van der Waals surface area contributed by atoms with Crippen molar-refractivity contribution in [2.75, 3.05) is 26.7 Å². The monoisotopic (exact) mass is 932 g/mol. The molecule has 19 heteroatoms. The van der Waals surface area contributed by atoms with Gasteiger partial charge in [-0.2, -0.15) is 0 Å². The molecule has 2 saturated heterocycles. The van der Waals surface area contributed by atoms with Crippen LogP contribution < -0.4 is 30.6 Å². The number of piperidine rings is 1. The highest BCUT2D eigenvalue weighted by Crippen LogP contribution is 2.46. The van der Waals surface area contributed by atoms with E-state index in [0.29, 0.717) is 91.1 Å². The molecule has 1 aromatic carbocycles. The Bertz CT molecular complexity index is 2480. The molecule has 3 aliphatic heterocycles. The first-order valence-corrected chi connectivity index (χ1v) is 25.3. The van der Waals surface area contributed by atoms with Crippen molar-refractivity contribution in [3.8, 4) is 22.2 Å². The van der Waals surface area contributed by atoms with Crippen LogP contribution in [0.5, 0.6) is 11.5 Å². The van der Waals surface area contributed by atoms with E-state index in [4.69, 9.17) is 25.2 Å². The van der Waals surface area contributed by atoms with Crippen LogP contribution in [0.1, 0.15) is 108 Å². The number of benzene rings is 1. The van der Waals surface area contributed by atoms with Crippen molar-refractivity contribution in [3.63, 3.8) is 0 Å². The lowest BCUT2D eigenvalue weighted by molar-refractivity contribution is -0.141. The number of pyridine rings is 1. The average Bonchev–Trinajstić information content (AvgIpc) is 4.14. The summed E-state index contributed by atoms with van der Waals surface area (Å²) in [6, 6.07) is 2.99. The van der Waals surface area contributed by atoms with Crippen molar-refractivity contribution < 1.29 is 41.9 Å². The van der Waals surface area contributed by atoms with Gasteiger partial charge in [0, 0.05) is 54.2 Å². The molecule has 5 aliphatic rings. The summed E-state index contributed by atoms with van der Waals surface area (Å²) in [6.45, 7) is 6.83. The third-order valence-electron chi connectivity index (χ3n) is 13.5. The van der Waals surface area contributed by atoms with Crippen molar-refractivity contribution in [3.05, 3.63) is 47.0 Å². The molecule has 350 valence electrons. The number of carbonyl (C=O) groups excluding carboxylic acids is 5. The topological polar surface area (TPSA) is 232 Å². The van der Waals surface area contributed by atoms with E-state index in [-0.39, 0.29) is 43.6 Å². The van der Waals surface area contributed by atoms with Crippen LogP contribution in [0.4, 0.5) is 4.79 Å². The van der Waals surface area contributed by atoms with Crippen LogP contribution in [0.3, 0.4) is 0 Å². The molecule has 2 saturated carbocycles. The zero-order valence-electron chi connectivity index (χ0n) is 37.5. The number of amides is 6. The fourth-order valence-electron chi connectivity index (χ4n) is 9.37. The molecule has 0 unspecified atom stereocenters. The number of ether oxygens (including phenoxy) is 2. The molecule has 65 heavy (non-hydrogen) atoms. The van der Waals surface area contributed by atoms with E-state index in [9.17, 15) is 27.6 Å². The summed E-state index contributed by atoms with van der Waals surface area (Å²) in [7, 11) is -2.34. The number of likely N-dealkylation sites (tertiary alicyclic amines) is 1. The average molecular weight is 933 g/mol. The summed E-state index contributed by atoms with van der Waals surface area (Å²) < 4.78 is 40.8. The van der Waals surface area contributed by atoms with Crippen molar-refractivity contribution in [2.24, 2.45) is 17.6 Å². The Morgan fingerprint density at radius 3 is 2.51 bits per heavy atom. The van der Waals surface area contributed by atoms with Crippen molar-refractivity contribution >= 4 is 61.9 Å². The second kappa shape index (κ2) is 18.9. The van der Waals surface area contributed by atoms with Crippen molar-refractivity contribution in [1.29, 1.82) is 0 Å². The van der Waals surface area contributed by atoms with Crippen LogP contribution in [-0.2, 0) is 29.2 Å². The number of hydrogen-bond donors (Lipinski definition) is 4. The zero-order valence-corrected chi connectivity index (χ0v) is 39.1. The highest BCUT2D eigenvalue weighted by molar-refractivity contribution is 7.91. The first-order valence-electron chi connectivity index (χ1n) is 22.9. The number of aryl methyl sites for hydroxylation is 1. The van der Waals surface area contributed by atoms with E-state index in [1.807, 2.05) is 42.7 Å². The van der Waals surface area contributed by atoms with Gasteiger partial charge in [0.2, 0.25) is 27.7 Å². The van der Waals surface area contributed by atoms with Gasteiger partial charge in [0.25, 0.3) is 5.91 Å². The molecule has 8 rings (SSSR count). The summed E-state index contributed by atoms with van der Waals surface area (Å²) in [5.41, 5.74) is 6.86. The molecular weight excluding hydrogens is 873 g/mol. The lowest BCUT2D eigenvalue weighted by Crippen LogP contribution is -2.59. The van der Waals surface area contributed by atoms with Crippen molar-refractivity contribution in [2.45, 2.75) is 133 Å². The number of fused-ring (bicyclic) bond motifs is 3. The van der Waals surface area contributed by atoms with Gasteiger partial charge in [0.1, 0.15) is 45.9 Å². The molecule has 6 amide bonds. The van der Waals surface area contributed by atoms with E-state index >= 15 is 4.79 Å². The predicted octanol–water partition coefficient (Wildman–Crippen LogP) is 4.82. The van der Waals surface area contributed by atoms with E-state index in [1.165, 1.54) is 16.2 Å². The van der Waals surface area contributed by atoms with E-state index < -0.39 is 68.7 Å². The van der Waals surface area contributed by atoms with Gasteiger partial charge in [-0.3, -0.25) is 23.9 Å². The van der Waals surface area contributed by atoms with Crippen LogP contribution >= 0.6 is 11.3 Å². The van der Waals surface area contributed by atoms with Crippen LogP contribution in [-0.4, -0.2) is 114 Å². The number of nitrogens with two attached hydrogens (primary N) is 1. The maximum atomic E-state index is 15.0. The maximum absolute atomic E-state index is 15.0. The molecule has 0 radical (unpaired) electrons. The van der Waals surface area contributed by atoms with Gasteiger partial charge in [-0.25, -0.2) is 23.2 Å². The van der Waals surface area contributed by atoms with Crippen molar-refractivity contribution in [1.82, 2.24) is 35.1 Å². The second-order valence-corrected chi connectivity index (χ2v) is 21.4. The minimum Gasteiger partial charge on any atom is -0.496 e. The van der Waals surface area contributed by atoms with Crippen LogP contribution in [0.15, 0.2) is 35.7 Å². The molecule has 4 fully saturated rings. The Balaban J connectivity index is 1.12. The number of nitrogens with one attached hydrogen (secondary N) is 3. The number of methoxy groups -OCH3 is 1. The Morgan fingerprint density at radius 1 is 1.05 bits per heavy atom. The number of carbonyl (C=O) groups is 5. The van der Waals surface area contributed by atoms with Crippen LogP contribution in [0.25, 0.3) is 21.6 Å². The third-order valence-corrected chi connectivity index (χ3v) is 16.2. The lowest BCUT2D eigenvalue weighted by Gasteiger charge is -2.34. The summed E-state index contributed by atoms with van der Waals surface area (Å²) >= 11 is 1.47. The highest BCUT2D eigenvalue weighted by atomic mass is 32.2. The number of primary amides is 1. The van der Waals surface area contributed by atoms with E-state index in [1.54, 1.807) is 12.0 Å². The first-order chi connectivity index (χ1) is 31.1. The highest BCUT2D eigenvalue weighted by Gasteiger charge is 2.62. The van der Waals surface area contributed by atoms with Gasteiger partial charge < -0.3 is 35.6 Å². The van der Waals surface area contributed by atoms with Gasteiger partial charge in [0.15, 0.2) is 0 Å². The number of thiazole rings is 1. The summed E-state index contributed by atoms with van der Waals surface area (Å²) in [5, 5.41) is 8.69. The van der Waals surface area contributed by atoms with Gasteiger partial charge in [-0.15, -0.1) is 11.3 Å². The molecule has 2 aromatic heterocycles. The van der Waals surface area contributed by atoms with Gasteiger partial charge in [-0.1, -0.05) is 38.8 Å². The summed E-state index contributed by atoms with van der Waals surface area (Å²) in [6.07, 6.45) is 8.87. The molecule has 3 aromatic rings. The third kappa shape index (κ3) is 10.1. The smallest absolute Gasteiger partial charge is 0.318 e. The number of hydrogen-bond acceptors (Lipinski definition) is 12. The first kappa shape index (κ1) is 46.2. The maximum Gasteiger partial charge on any atom is 0.318 e. The van der Waals surface area contributed by atoms with Gasteiger partial charge in [0.05, 0.1) is 30.1 Å². The second-order valence-electron chi connectivity index (χ2n) is 18.6. The zero-order chi connectivity index (χ0) is 46.2. The Hall–Kier alpha value is -5.30. The Morgan fingerprint density at radius 2 is 1.82 bits per heavy atom. The lowest BCUT2D eigenvalue weighted by atomic mass is 9.93. The largest absolute Gasteiger partial charge is 0.496 e. The summed E-state index contributed by atoms with van der Waals surface area (Å²) in [4.78, 5) is 82.1. The fourth-order valence-corrected chi connectivity index (χ4v) is 11.7.